The van der Waals surface area contributed by atoms with E-state index < -0.39 is 42.5 Å². The Morgan fingerprint density at radius 1 is 1.37 bits per heavy atom. The van der Waals surface area contributed by atoms with Gasteiger partial charge in [-0.25, -0.2) is 8.96 Å². The van der Waals surface area contributed by atoms with Crippen LogP contribution in [0, 0.1) is 11.7 Å². The van der Waals surface area contributed by atoms with Crippen LogP contribution in [-0.2, 0) is 30.6 Å². The van der Waals surface area contributed by atoms with Gasteiger partial charge in [-0.2, -0.15) is 0 Å². The second-order valence-electron chi connectivity index (χ2n) is 8.99. The number of phosphoric ester groups is 1. The van der Waals surface area contributed by atoms with Gasteiger partial charge in [0, 0.05) is 17.3 Å². The van der Waals surface area contributed by atoms with Crippen molar-refractivity contribution in [3.63, 3.8) is 0 Å². The molecular formula is C18H23B3FN2O9PS. The lowest BCUT2D eigenvalue weighted by Gasteiger charge is -2.41. The number of hydrogen-bond donors (Lipinski definition) is 3. The van der Waals surface area contributed by atoms with Crippen LogP contribution in [0.2, 0.25) is 0 Å². The first-order chi connectivity index (χ1) is 16.2. The largest absolute Gasteiger partial charge is 0.529 e. The van der Waals surface area contributed by atoms with Crippen LogP contribution in [0.15, 0.2) is 29.2 Å². The predicted molar refractivity (Wildman–Crippen MR) is 131 cm³/mol. The van der Waals surface area contributed by atoms with Gasteiger partial charge in [-0.3, -0.25) is 18.8 Å². The van der Waals surface area contributed by atoms with Gasteiger partial charge in [0.05, 0.1) is 19.1 Å². The van der Waals surface area contributed by atoms with Gasteiger partial charge in [0.25, 0.3) is 11.4 Å². The molecular weight excluding hydrogens is 503 g/mol. The number of H-pyrrole nitrogens is 1. The van der Waals surface area contributed by atoms with E-state index in [-0.39, 0.29) is 28.4 Å². The van der Waals surface area contributed by atoms with E-state index in [1.165, 1.54) is 28.1 Å². The number of methoxy groups -OCH3 is 1. The molecule has 4 rings (SSSR count). The summed E-state index contributed by atoms with van der Waals surface area (Å²) < 4.78 is 58.0. The minimum absolute atomic E-state index is 0.112. The molecule has 1 saturated heterocycles. The molecule has 35 heavy (non-hydrogen) atoms. The number of aliphatic hydroxyl groups excluding tert-OH is 2. The molecule has 0 bridgehead atoms. The molecule has 2 aliphatic heterocycles. The fraction of sp³-hybridized carbons (Fsp3) is 0.444. The third-order valence-electron chi connectivity index (χ3n) is 6.20. The Morgan fingerprint density at radius 3 is 2.71 bits per heavy atom. The van der Waals surface area contributed by atoms with E-state index in [1.807, 2.05) is 0 Å². The number of phosphoric acid groups is 1. The Labute approximate surface area is 207 Å². The highest BCUT2D eigenvalue weighted by molar-refractivity contribution is 7.71. The van der Waals surface area contributed by atoms with Crippen LogP contribution < -0.4 is 14.8 Å². The van der Waals surface area contributed by atoms with E-state index in [4.69, 9.17) is 35.3 Å². The van der Waals surface area contributed by atoms with Gasteiger partial charge in [0.2, 0.25) is 0 Å². The Morgan fingerprint density at radius 2 is 2.06 bits per heavy atom. The molecule has 2 aromatic rings. The van der Waals surface area contributed by atoms with E-state index in [1.54, 1.807) is 18.2 Å². The van der Waals surface area contributed by atoms with Gasteiger partial charge in [-0.15, -0.1) is 0 Å². The topological polar surface area (TPSA) is 141 Å². The number of nitrogens with zero attached hydrogens (tertiary/aromatic N) is 1. The molecule has 5 atom stereocenters. The zero-order valence-corrected chi connectivity index (χ0v) is 21.3. The molecule has 2 aliphatic rings. The SMILES string of the molecule is BC(B)(OP1(=O)OCc2cccc(OC)c2O1)[C@@]1(F)O[C@@](B)(n2cc(C)c(=O)[nH]c2=S)[C@H](O)[C@@H]1O. The van der Waals surface area contributed by atoms with Gasteiger partial charge < -0.3 is 28.8 Å². The summed E-state index contributed by atoms with van der Waals surface area (Å²) in [5.41, 5.74) is -1.70. The number of aliphatic hydroxyl groups is 2. The first-order valence-corrected chi connectivity index (χ1v) is 12.4. The van der Waals surface area contributed by atoms with Gasteiger partial charge >= 0.3 is 7.82 Å². The zero-order valence-electron chi connectivity index (χ0n) is 19.6. The number of aryl methyl sites for hydroxylation is 1. The Hall–Kier alpha value is -1.93. The summed E-state index contributed by atoms with van der Waals surface area (Å²) in [4.78, 5) is 14.3. The fourth-order valence-corrected chi connectivity index (χ4v) is 5.98. The van der Waals surface area contributed by atoms with E-state index in [0.717, 1.165) is 20.3 Å². The lowest BCUT2D eigenvalue weighted by atomic mass is 9.59. The maximum atomic E-state index is 16.5. The van der Waals surface area contributed by atoms with Crippen LogP contribution >= 0.6 is 20.0 Å². The lowest BCUT2D eigenvalue weighted by Crippen LogP contribution is -2.60. The van der Waals surface area contributed by atoms with E-state index >= 15 is 4.39 Å². The van der Waals surface area contributed by atoms with Gasteiger partial charge in [0.15, 0.2) is 24.1 Å². The monoisotopic (exact) mass is 526 g/mol. The number of nitrogens with one attached hydrogen (secondary N) is 1. The normalized spacial score (nSPS) is 32.6. The Balaban J connectivity index is 1.69. The minimum atomic E-state index is -4.45. The van der Waals surface area contributed by atoms with E-state index in [0.29, 0.717) is 5.56 Å². The Bertz CT molecular complexity index is 1330. The van der Waals surface area contributed by atoms with Crippen molar-refractivity contribution in [2.24, 2.45) is 0 Å². The molecule has 0 aliphatic carbocycles. The standard InChI is InChI=1S/C18H23B3FN2O9PS/c1-8-6-24(15(35)23-14(8)27)17(19)13(26)12(25)16(22,32-17)18(20,21)33-34(28)30-7-9-4-3-5-10(29-2)11(9)31-34/h3-6,12-13,25-26H,7,19-21H2,1-2H3,(H,23,27,35)/t12-,13+,16-,17-,34?/m0/s1. The highest BCUT2D eigenvalue weighted by Gasteiger charge is 2.69. The molecule has 1 aromatic carbocycles. The van der Waals surface area contributed by atoms with Gasteiger partial charge in [-0.05, 0) is 25.2 Å². The number of hydrogen-bond acceptors (Lipinski definition) is 10. The van der Waals surface area contributed by atoms with Crippen molar-refractivity contribution in [2.75, 3.05) is 7.11 Å². The molecule has 0 spiro atoms. The first kappa shape index (κ1) is 26.1. The van der Waals surface area contributed by atoms with Crippen molar-refractivity contribution in [3.8, 4) is 11.5 Å². The molecule has 0 amide bonds. The summed E-state index contributed by atoms with van der Waals surface area (Å²) in [5, 5.41) is 19.4. The molecule has 1 aromatic heterocycles. The van der Waals surface area contributed by atoms with Crippen LogP contribution in [-0.4, -0.2) is 73.9 Å². The molecule has 186 valence electrons. The summed E-state index contributed by atoms with van der Waals surface area (Å²) in [6.07, 6.45) is -2.78. The van der Waals surface area contributed by atoms with Crippen LogP contribution in [0.4, 0.5) is 4.39 Å². The van der Waals surface area contributed by atoms with Crippen LogP contribution in [0.3, 0.4) is 0 Å². The van der Waals surface area contributed by atoms with E-state index in [2.05, 4.69) is 4.98 Å². The maximum Gasteiger partial charge on any atom is 0.529 e. The second-order valence-corrected chi connectivity index (χ2v) is 10.9. The van der Waals surface area contributed by atoms with Crippen molar-refractivity contribution in [2.45, 2.75) is 42.6 Å². The first-order valence-electron chi connectivity index (χ1n) is 10.6. The van der Waals surface area contributed by atoms with Gasteiger partial charge in [0.1, 0.15) is 33.5 Å². The molecule has 11 nitrogen and oxygen atoms in total. The number of rotatable bonds is 5. The third kappa shape index (κ3) is 4.10. The molecule has 3 heterocycles. The summed E-state index contributed by atoms with van der Waals surface area (Å²) in [5.74, 6) is -2.75. The summed E-state index contributed by atoms with van der Waals surface area (Å²) in [7, 11) is 0.550. The summed E-state index contributed by atoms with van der Waals surface area (Å²) >= 11 is 5.16. The van der Waals surface area contributed by atoms with Crippen LogP contribution in [0.5, 0.6) is 11.5 Å². The van der Waals surface area contributed by atoms with Gasteiger partial charge in [-0.1, -0.05) is 12.1 Å². The molecule has 17 heteroatoms. The fourth-order valence-electron chi connectivity index (χ4n) is 4.10. The average molecular weight is 526 g/mol. The molecule has 0 saturated carbocycles. The van der Waals surface area contributed by atoms with Crippen molar-refractivity contribution < 1.29 is 42.2 Å². The summed E-state index contributed by atoms with van der Waals surface area (Å²) in [6.45, 7) is 1.31. The molecule has 0 radical (unpaired) electrons. The van der Waals surface area contributed by atoms with Crippen molar-refractivity contribution in [1.29, 1.82) is 0 Å². The number of para-hydroxylation sites is 1. The highest BCUT2D eigenvalue weighted by atomic mass is 32.1. The van der Waals surface area contributed by atoms with Crippen molar-refractivity contribution in [1.82, 2.24) is 9.55 Å². The third-order valence-corrected chi connectivity index (χ3v) is 8.03. The number of alkyl halides is 1. The average Bonchev–Trinajstić information content (AvgIpc) is 2.97. The highest BCUT2D eigenvalue weighted by Crippen LogP contribution is 2.60. The number of aromatic nitrogens is 2. The molecule has 1 unspecified atom stereocenters. The smallest absolute Gasteiger partial charge is 0.493 e. The number of fused-ring (bicyclic) bond motifs is 1. The molecule has 3 N–H and O–H groups in total. The van der Waals surface area contributed by atoms with E-state index in [9.17, 15) is 19.6 Å². The minimum Gasteiger partial charge on any atom is -0.493 e. The zero-order chi connectivity index (χ0) is 26.0. The Kier molecular flexibility index (Phi) is 6.41. The van der Waals surface area contributed by atoms with Crippen LogP contribution in [0.1, 0.15) is 11.1 Å². The second kappa shape index (κ2) is 8.58. The number of halogens is 1. The maximum absolute atomic E-state index is 16.5. The summed E-state index contributed by atoms with van der Waals surface area (Å²) in [6, 6.07) is 4.94. The quantitative estimate of drug-likeness (QED) is 0.241. The predicted octanol–water partition coefficient (Wildman–Crippen LogP) is -1.46. The molecule has 1 fully saturated rings. The lowest BCUT2D eigenvalue weighted by molar-refractivity contribution is -0.240. The number of benzene rings is 1. The van der Waals surface area contributed by atoms with Crippen LogP contribution in [0.25, 0.3) is 0 Å². The number of ether oxygens (including phenoxy) is 2. The van der Waals surface area contributed by atoms with Crippen molar-refractivity contribution >= 4 is 43.6 Å². The van der Waals surface area contributed by atoms with Crippen molar-refractivity contribution in [3.05, 3.63) is 50.6 Å². The number of aromatic amines is 1.